The van der Waals surface area contributed by atoms with Gasteiger partial charge in [-0.05, 0) is 48.7 Å². The third-order valence-corrected chi connectivity index (χ3v) is 5.16. The van der Waals surface area contributed by atoms with E-state index >= 15 is 0 Å². The lowest BCUT2D eigenvalue weighted by Crippen LogP contribution is -2.23. The molecule has 0 bridgehead atoms. The number of hydrogen-bond acceptors (Lipinski definition) is 4. The average molecular weight is 364 g/mol. The van der Waals surface area contributed by atoms with E-state index in [0.29, 0.717) is 12.2 Å². The van der Waals surface area contributed by atoms with E-state index < -0.39 is 0 Å². The normalized spacial score (nSPS) is 19.1. The lowest BCUT2D eigenvalue weighted by atomic mass is 9.90. The minimum atomic E-state index is -0.130. The van der Waals surface area contributed by atoms with E-state index in [1.54, 1.807) is 6.07 Å². The molecule has 2 atom stereocenters. The molecular formula is C23H24O4. The molecule has 4 nitrogen and oxygen atoms in total. The van der Waals surface area contributed by atoms with Crippen molar-refractivity contribution in [2.75, 3.05) is 0 Å². The van der Waals surface area contributed by atoms with E-state index in [0.717, 1.165) is 39.6 Å². The van der Waals surface area contributed by atoms with Crippen molar-refractivity contribution in [3.63, 3.8) is 0 Å². The van der Waals surface area contributed by atoms with Crippen molar-refractivity contribution in [3.8, 4) is 11.5 Å². The highest BCUT2D eigenvalue weighted by Gasteiger charge is 2.27. The van der Waals surface area contributed by atoms with Crippen LogP contribution in [0.25, 0.3) is 10.8 Å². The van der Waals surface area contributed by atoms with E-state index in [4.69, 9.17) is 9.47 Å². The molecule has 2 N–H and O–H groups in total. The number of aliphatic hydroxyl groups excluding tert-OH is 1. The predicted molar refractivity (Wildman–Crippen MR) is 105 cm³/mol. The Morgan fingerprint density at radius 2 is 1.81 bits per heavy atom. The first-order valence-corrected chi connectivity index (χ1v) is 9.31. The zero-order valence-electron chi connectivity index (χ0n) is 15.6. The van der Waals surface area contributed by atoms with Crippen LogP contribution in [0.1, 0.15) is 42.2 Å². The quantitative estimate of drug-likeness (QED) is 0.708. The van der Waals surface area contributed by atoms with Crippen LogP contribution < -0.4 is 4.74 Å². The highest BCUT2D eigenvalue weighted by atomic mass is 16.5. The number of hydrogen-bond donors (Lipinski definition) is 2. The number of rotatable bonds is 4. The number of phenols is 1. The standard InChI is InChI=1S/C23H24O4/c1-14-8-20-18(15(2)27-14)11-19-21(9-17(12-24)10-22(19)25)23(20)26-13-16-6-4-3-5-7-16/h3-7,9-11,14-15,24-25H,8,12-13H2,1-2H3/t14-,15+/m0/s1. The molecule has 3 aromatic rings. The number of phenolic OH excluding ortho intramolecular Hbond substituents is 1. The second kappa shape index (κ2) is 7.22. The average Bonchev–Trinajstić information content (AvgIpc) is 2.66. The minimum absolute atomic E-state index is 0.0656. The van der Waals surface area contributed by atoms with Crippen LogP contribution in [0.15, 0.2) is 48.5 Å². The Morgan fingerprint density at radius 3 is 2.56 bits per heavy atom. The number of benzene rings is 3. The van der Waals surface area contributed by atoms with Crippen molar-refractivity contribution in [2.24, 2.45) is 0 Å². The Bertz CT molecular complexity index is 965. The molecule has 27 heavy (non-hydrogen) atoms. The topological polar surface area (TPSA) is 58.9 Å². The third kappa shape index (κ3) is 3.38. The summed E-state index contributed by atoms with van der Waals surface area (Å²) < 4.78 is 12.3. The zero-order valence-corrected chi connectivity index (χ0v) is 15.6. The molecule has 0 fully saturated rings. The van der Waals surface area contributed by atoms with Gasteiger partial charge in [0.25, 0.3) is 0 Å². The summed E-state index contributed by atoms with van der Waals surface area (Å²) in [6.07, 6.45) is 0.784. The van der Waals surface area contributed by atoms with Gasteiger partial charge in [-0.3, -0.25) is 0 Å². The fourth-order valence-electron chi connectivity index (χ4n) is 3.89. The van der Waals surface area contributed by atoms with Gasteiger partial charge in [-0.15, -0.1) is 0 Å². The fourth-order valence-corrected chi connectivity index (χ4v) is 3.89. The summed E-state index contributed by atoms with van der Waals surface area (Å²) in [6, 6.07) is 15.5. The van der Waals surface area contributed by atoms with Crippen molar-refractivity contribution in [2.45, 2.75) is 45.7 Å². The number of aliphatic hydroxyl groups is 1. The van der Waals surface area contributed by atoms with Crippen molar-refractivity contribution >= 4 is 10.8 Å². The van der Waals surface area contributed by atoms with Crippen molar-refractivity contribution < 1.29 is 19.7 Å². The van der Waals surface area contributed by atoms with Gasteiger partial charge in [-0.1, -0.05) is 30.3 Å². The van der Waals surface area contributed by atoms with Gasteiger partial charge in [0.15, 0.2) is 0 Å². The maximum absolute atomic E-state index is 10.5. The summed E-state index contributed by atoms with van der Waals surface area (Å²) in [5, 5.41) is 21.6. The second-order valence-corrected chi connectivity index (χ2v) is 7.21. The third-order valence-electron chi connectivity index (χ3n) is 5.16. The van der Waals surface area contributed by atoms with Crippen LogP contribution in [0, 0.1) is 0 Å². The smallest absolute Gasteiger partial charge is 0.131 e. The zero-order chi connectivity index (χ0) is 19.0. The number of aromatic hydroxyl groups is 1. The molecule has 140 valence electrons. The number of fused-ring (bicyclic) bond motifs is 2. The molecule has 0 radical (unpaired) electrons. The first-order valence-electron chi connectivity index (χ1n) is 9.31. The second-order valence-electron chi connectivity index (χ2n) is 7.21. The van der Waals surface area contributed by atoms with Crippen LogP contribution in [0.3, 0.4) is 0 Å². The molecule has 0 amide bonds. The summed E-state index contributed by atoms with van der Waals surface area (Å²) in [7, 11) is 0. The van der Waals surface area contributed by atoms with Gasteiger partial charge in [-0.25, -0.2) is 0 Å². The molecule has 0 unspecified atom stereocenters. The molecule has 1 heterocycles. The summed E-state index contributed by atoms with van der Waals surface area (Å²) in [5.41, 5.74) is 3.92. The Labute approximate surface area is 159 Å². The van der Waals surface area contributed by atoms with Crippen LogP contribution in [0.2, 0.25) is 0 Å². The van der Waals surface area contributed by atoms with E-state index in [9.17, 15) is 10.2 Å². The summed E-state index contributed by atoms with van der Waals surface area (Å²) in [5.74, 6) is 0.925. The van der Waals surface area contributed by atoms with Gasteiger partial charge in [0.2, 0.25) is 0 Å². The maximum atomic E-state index is 10.5. The van der Waals surface area contributed by atoms with Crippen LogP contribution >= 0.6 is 0 Å². The highest BCUT2D eigenvalue weighted by Crippen LogP contribution is 2.43. The molecule has 1 aliphatic rings. The van der Waals surface area contributed by atoms with Crippen molar-refractivity contribution in [3.05, 3.63) is 70.8 Å². The lowest BCUT2D eigenvalue weighted by Gasteiger charge is -2.31. The molecule has 1 aliphatic heterocycles. The first kappa shape index (κ1) is 17.8. The molecule has 0 spiro atoms. The fraction of sp³-hybridized carbons (Fsp3) is 0.304. The Hall–Kier alpha value is -2.56. The van der Waals surface area contributed by atoms with E-state index in [2.05, 4.69) is 6.92 Å². The molecule has 4 heteroatoms. The number of ether oxygens (including phenoxy) is 2. The Kier molecular flexibility index (Phi) is 4.77. The monoisotopic (exact) mass is 364 g/mol. The van der Waals surface area contributed by atoms with Crippen LogP contribution in [0.4, 0.5) is 0 Å². The van der Waals surface area contributed by atoms with Crippen LogP contribution in [-0.4, -0.2) is 16.3 Å². The Balaban J connectivity index is 1.89. The molecule has 4 rings (SSSR count). The highest BCUT2D eigenvalue weighted by molar-refractivity contribution is 5.95. The van der Waals surface area contributed by atoms with Gasteiger partial charge in [-0.2, -0.15) is 0 Å². The molecule has 3 aromatic carbocycles. The molecular weight excluding hydrogens is 340 g/mol. The largest absolute Gasteiger partial charge is 0.507 e. The maximum Gasteiger partial charge on any atom is 0.131 e. The van der Waals surface area contributed by atoms with Crippen molar-refractivity contribution in [1.82, 2.24) is 0 Å². The van der Waals surface area contributed by atoms with Gasteiger partial charge < -0.3 is 19.7 Å². The molecule has 0 saturated carbocycles. The van der Waals surface area contributed by atoms with E-state index in [1.165, 1.54) is 0 Å². The predicted octanol–water partition coefficient (Wildman–Crippen LogP) is 4.64. The molecule has 0 aromatic heterocycles. The molecule has 0 aliphatic carbocycles. The van der Waals surface area contributed by atoms with Gasteiger partial charge in [0, 0.05) is 22.8 Å². The van der Waals surface area contributed by atoms with Crippen LogP contribution in [-0.2, 0) is 24.4 Å². The lowest BCUT2D eigenvalue weighted by molar-refractivity contribution is -0.00536. The van der Waals surface area contributed by atoms with E-state index in [-0.39, 0.29) is 24.6 Å². The van der Waals surface area contributed by atoms with Crippen LogP contribution in [0.5, 0.6) is 11.5 Å². The SMILES string of the molecule is C[C@H]1Cc2c(cc3c(O)cc(CO)cc3c2OCc2ccccc2)[C@@H](C)O1. The summed E-state index contributed by atoms with van der Waals surface area (Å²) in [4.78, 5) is 0. The summed E-state index contributed by atoms with van der Waals surface area (Å²) >= 11 is 0. The first-order chi connectivity index (χ1) is 13.1. The van der Waals surface area contributed by atoms with Crippen molar-refractivity contribution in [1.29, 1.82) is 0 Å². The van der Waals surface area contributed by atoms with Gasteiger partial charge in [0.1, 0.15) is 18.1 Å². The molecule has 0 saturated heterocycles. The van der Waals surface area contributed by atoms with E-state index in [1.807, 2.05) is 49.4 Å². The minimum Gasteiger partial charge on any atom is -0.507 e. The summed E-state index contributed by atoms with van der Waals surface area (Å²) in [6.45, 7) is 4.40. The Morgan fingerprint density at radius 1 is 1.04 bits per heavy atom. The van der Waals surface area contributed by atoms with Gasteiger partial charge >= 0.3 is 0 Å². The van der Waals surface area contributed by atoms with Gasteiger partial charge in [0.05, 0.1) is 18.8 Å².